The van der Waals surface area contributed by atoms with Gasteiger partial charge < -0.3 is 11.1 Å². The maximum atomic E-state index is 6.01. The summed E-state index contributed by atoms with van der Waals surface area (Å²) in [5, 5.41) is 3.46. The van der Waals surface area contributed by atoms with Crippen LogP contribution in [0.1, 0.15) is 37.5 Å². The van der Waals surface area contributed by atoms with Gasteiger partial charge in [-0.2, -0.15) is 0 Å². The van der Waals surface area contributed by atoms with Crippen molar-refractivity contribution in [2.75, 3.05) is 11.1 Å². The largest absolute Gasteiger partial charge is 0.397 e. The molecule has 0 aliphatic rings. The van der Waals surface area contributed by atoms with Crippen LogP contribution in [0.15, 0.2) is 36.4 Å². The van der Waals surface area contributed by atoms with Gasteiger partial charge in [0.1, 0.15) is 0 Å². The Bertz CT molecular complexity index is 599. The molecule has 2 aromatic rings. The normalized spacial score (nSPS) is 11.4. The van der Waals surface area contributed by atoms with E-state index >= 15 is 0 Å². The van der Waals surface area contributed by atoms with Crippen LogP contribution in [0.4, 0.5) is 17.1 Å². The number of nitrogens with two attached hydrogens (primary N) is 1. The van der Waals surface area contributed by atoms with Gasteiger partial charge in [-0.3, -0.25) is 0 Å². The van der Waals surface area contributed by atoms with Crippen molar-refractivity contribution in [1.82, 2.24) is 0 Å². The van der Waals surface area contributed by atoms with Crippen LogP contribution >= 0.6 is 0 Å². The number of hydrogen-bond acceptors (Lipinski definition) is 2. The third kappa shape index (κ3) is 2.96. The van der Waals surface area contributed by atoms with Crippen LogP contribution in [-0.2, 0) is 5.41 Å². The number of nitrogen functional groups attached to an aromatic ring is 1. The van der Waals surface area contributed by atoms with Crippen molar-refractivity contribution < 1.29 is 0 Å². The van der Waals surface area contributed by atoms with Crippen molar-refractivity contribution in [2.45, 2.75) is 40.0 Å². The van der Waals surface area contributed by atoms with E-state index in [0.717, 1.165) is 17.1 Å². The molecule has 0 saturated carbocycles. The summed E-state index contributed by atoms with van der Waals surface area (Å²) in [6, 6.07) is 12.4. The first-order chi connectivity index (χ1) is 9.29. The summed E-state index contributed by atoms with van der Waals surface area (Å²) in [7, 11) is 0. The summed E-state index contributed by atoms with van der Waals surface area (Å²) in [5.74, 6) is 0. The minimum absolute atomic E-state index is 0.166. The molecular formula is C18H24N2. The molecule has 20 heavy (non-hydrogen) atoms. The Morgan fingerprint density at radius 2 is 1.50 bits per heavy atom. The van der Waals surface area contributed by atoms with E-state index in [1.807, 2.05) is 24.3 Å². The molecule has 0 spiro atoms. The maximum absolute atomic E-state index is 6.01. The minimum Gasteiger partial charge on any atom is -0.397 e. The highest BCUT2D eigenvalue weighted by Crippen LogP contribution is 2.32. The lowest BCUT2D eigenvalue weighted by Crippen LogP contribution is -2.12. The van der Waals surface area contributed by atoms with E-state index in [1.54, 1.807) is 0 Å². The maximum Gasteiger partial charge on any atom is 0.0618 e. The molecule has 2 nitrogen and oxygen atoms in total. The van der Waals surface area contributed by atoms with Crippen LogP contribution in [0.25, 0.3) is 0 Å². The Morgan fingerprint density at radius 1 is 0.950 bits per heavy atom. The quantitative estimate of drug-likeness (QED) is 0.758. The first-order valence-electron chi connectivity index (χ1n) is 7.02. The van der Waals surface area contributed by atoms with Crippen molar-refractivity contribution in [3.63, 3.8) is 0 Å². The van der Waals surface area contributed by atoms with Gasteiger partial charge in [0.05, 0.1) is 11.4 Å². The lowest BCUT2D eigenvalue weighted by atomic mass is 9.85. The summed E-state index contributed by atoms with van der Waals surface area (Å²) in [4.78, 5) is 0. The monoisotopic (exact) mass is 268 g/mol. The van der Waals surface area contributed by atoms with E-state index < -0.39 is 0 Å². The molecule has 0 heterocycles. The second-order valence-electron chi connectivity index (χ2n) is 6.45. The van der Waals surface area contributed by atoms with Gasteiger partial charge in [0.15, 0.2) is 0 Å². The van der Waals surface area contributed by atoms with E-state index in [9.17, 15) is 0 Å². The van der Waals surface area contributed by atoms with Crippen LogP contribution < -0.4 is 11.1 Å². The van der Waals surface area contributed by atoms with Crippen LogP contribution in [-0.4, -0.2) is 0 Å². The molecule has 0 saturated heterocycles. The van der Waals surface area contributed by atoms with Crippen LogP contribution in [0.2, 0.25) is 0 Å². The molecule has 0 aliphatic heterocycles. The fourth-order valence-electron chi connectivity index (χ4n) is 2.34. The molecule has 106 valence electrons. The zero-order valence-corrected chi connectivity index (χ0v) is 13.0. The van der Waals surface area contributed by atoms with E-state index in [4.69, 9.17) is 5.73 Å². The Morgan fingerprint density at radius 3 is 2.00 bits per heavy atom. The van der Waals surface area contributed by atoms with Crippen LogP contribution in [0.5, 0.6) is 0 Å². The zero-order valence-electron chi connectivity index (χ0n) is 13.0. The van der Waals surface area contributed by atoms with Gasteiger partial charge in [-0.1, -0.05) is 45.0 Å². The first-order valence-corrected chi connectivity index (χ1v) is 7.02. The van der Waals surface area contributed by atoms with Crippen LogP contribution in [0.3, 0.4) is 0 Å². The summed E-state index contributed by atoms with van der Waals surface area (Å²) >= 11 is 0. The number of anilines is 3. The second kappa shape index (κ2) is 5.20. The molecule has 0 atom stereocenters. The van der Waals surface area contributed by atoms with E-state index in [1.165, 1.54) is 16.7 Å². The average molecular weight is 268 g/mol. The Kier molecular flexibility index (Phi) is 3.76. The summed E-state index contributed by atoms with van der Waals surface area (Å²) in [6.07, 6.45) is 0. The molecule has 0 amide bonds. The second-order valence-corrected chi connectivity index (χ2v) is 6.45. The topological polar surface area (TPSA) is 38.0 Å². The predicted molar refractivity (Wildman–Crippen MR) is 88.8 cm³/mol. The molecule has 2 heteroatoms. The highest BCUT2D eigenvalue weighted by molar-refractivity contribution is 5.75. The average Bonchev–Trinajstić information content (AvgIpc) is 2.34. The molecule has 0 aromatic heterocycles. The Hall–Kier alpha value is -1.96. The standard InChI is InChI=1S/C18H24N2/c1-12-10-14(18(3,4)5)11-13(2)17(12)20-16-9-7-6-8-15(16)19/h6-11,20H,19H2,1-5H3. The number of para-hydroxylation sites is 2. The highest BCUT2D eigenvalue weighted by Gasteiger charge is 2.16. The van der Waals surface area contributed by atoms with E-state index in [0.29, 0.717) is 0 Å². The number of rotatable bonds is 2. The number of aryl methyl sites for hydroxylation is 2. The van der Waals surface area contributed by atoms with Crippen molar-refractivity contribution in [2.24, 2.45) is 0 Å². The van der Waals surface area contributed by atoms with Gasteiger partial charge in [0, 0.05) is 5.69 Å². The van der Waals surface area contributed by atoms with E-state index in [-0.39, 0.29) is 5.41 Å². The van der Waals surface area contributed by atoms with Gasteiger partial charge in [0.25, 0.3) is 0 Å². The van der Waals surface area contributed by atoms with Crippen molar-refractivity contribution in [3.8, 4) is 0 Å². The van der Waals surface area contributed by atoms with Crippen molar-refractivity contribution >= 4 is 17.1 Å². The Labute approximate surface area is 122 Å². The highest BCUT2D eigenvalue weighted by atomic mass is 14.9. The number of hydrogen-bond donors (Lipinski definition) is 2. The predicted octanol–water partition coefficient (Wildman–Crippen LogP) is 4.93. The molecule has 2 rings (SSSR count). The summed E-state index contributed by atoms with van der Waals surface area (Å²) in [6.45, 7) is 11.0. The minimum atomic E-state index is 0.166. The SMILES string of the molecule is Cc1cc(C(C)(C)C)cc(C)c1Nc1ccccc1N. The Balaban J connectivity index is 2.42. The lowest BCUT2D eigenvalue weighted by molar-refractivity contribution is 0.589. The van der Waals surface area contributed by atoms with Gasteiger partial charge in [-0.05, 0) is 48.1 Å². The molecule has 0 unspecified atom stereocenters. The number of benzene rings is 2. The fourth-order valence-corrected chi connectivity index (χ4v) is 2.34. The number of nitrogens with one attached hydrogen (secondary N) is 1. The molecule has 3 N–H and O–H groups in total. The third-order valence-electron chi connectivity index (χ3n) is 3.62. The first kappa shape index (κ1) is 14.4. The van der Waals surface area contributed by atoms with E-state index in [2.05, 4.69) is 52.1 Å². The molecule has 0 radical (unpaired) electrons. The summed E-state index contributed by atoms with van der Waals surface area (Å²) < 4.78 is 0. The van der Waals surface area contributed by atoms with Gasteiger partial charge in [-0.25, -0.2) is 0 Å². The summed E-state index contributed by atoms with van der Waals surface area (Å²) in [5.41, 5.74) is 12.9. The molecule has 0 fully saturated rings. The molecule has 2 aromatic carbocycles. The lowest BCUT2D eigenvalue weighted by Gasteiger charge is -2.23. The molecule has 0 aliphatic carbocycles. The van der Waals surface area contributed by atoms with Gasteiger partial charge in [-0.15, -0.1) is 0 Å². The molecule has 0 bridgehead atoms. The zero-order chi connectivity index (χ0) is 14.9. The third-order valence-corrected chi connectivity index (χ3v) is 3.62. The molecular weight excluding hydrogens is 244 g/mol. The van der Waals surface area contributed by atoms with Crippen LogP contribution in [0, 0.1) is 13.8 Å². The van der Waals surface area contributed by atoms with Crippen molar-refractivity contribution in [1.29, 1.82) is 0 Å². The fraction of sp³-hybridized carbons (Fsp3) is 0.333. The van der Waals surface area contributed by atoms with Gasteiger partial charge >= 0.3 is 0 Å². The van der Waals surface area contributed by atoms with Gasteiger partial charge in [0.2, 0.25) is 0 Å². The smallest absolute Gasteiger partial charge is 0.0618 e. The van der Waals surface area contributed by atoms with Crippen molar-refractivity contribution in [3.05, 3.63) is 53.1 Å².